The highest BCUT2D eigenvalue weighted by Gasteiger charge is 2.02. The van der Waals surface area contributed by atoms with Crippen molar-refractivity contribution in [2.75, 3.05) is 13.2 Å². The summed E-state index contributed by atoms with van der Waals surface area (Å²) in [6, 6.07) is 11.7. The Balaban J connectivity index is 1.72. The number of benzene rings is 1. The number of hydrogen-bond donors (Lipinski definition) is 1. The molecule has 0 atom stereocenters. The fourth-order valence-corrected chi connectivity index (χ4v) is 1.92. The van der Waals surface area contributed by atoms with Crippen molar-refractivity contribution < 1.29 is 4.74 Å². The molecule has 2 rings (SSSR count). The highest BCUT2D eigenvalue weighted by atomic mass is 16.5. The molecule has 0 fully saturated rings. The van der Waals surface area contributed by atoms with Crippen molar-refractivity contribution in [3.8, 4) is 11.8 Å². The van der Waals surface area contributed by atoms with Crippen LogP contribution in [0, 0.1) is 11.3 Å². The molecule has 0 aliphatic rings. The van der Waals surface area contributed by atoms with E-state index in [1.54, 1.807) is 6.20 Å². The smallest absolute Gasteiger partial charge is 0.174 e. The molecule has 5 nitrogen and oxygen atoms in total. The highest BCUT2D eigenvalue weighted by Crippen LogP contribution is 2.17. The van der Waals surface area contributed by atoms with Crippen LogP contribution in [0.1, 0.15) is 12.0 Å². The first kappa shape index (κ1) is 14.1. The van der Waals surface area contributed by atoms with Gasteiger partial charge in [-0.1, -0.05) is 18.2 Å². The Kier molecular flexibility index (Phi) is 5.62. The molecule has 1 aromatic heterocycles. The number of nitriles is 1. The highest BCUT2D eigenvalue weighted by molar-refractivity contribution is 5.33. The van der Waals surface area contributed by atoms with Gasteiger partial charge in [0.25, 0.3) is 0 Å². The van der Waals surface area contributed by atoms with Crippen LogP contribution in [0.4, 0.5) is 0 Å². The number of nitrogens with zero attached hydrogens (tertiary/aromatic N) is 3. The second kappa shape index (κ2) is 7.97. The lowest BCUT2D eigenvalue weighted by Gasteiger charge is -2.10. The van der Waals surface area contributed by atoms with Crippen molar-refractivity contribution in [1.82, 2.24) is 15.1 Å². The van der Waals surface area contributed by atoms with Gasteiger partial charge in [-0.05, 0) is 25.1 Å². The summed E-state index contributed by atoms with van der Waals surface area (Å²) in [5.74, 6) is 0.772. The third kappa shape index (κ3) is 4.41. The molecule has 5 heteroatoms. The predicted molar refractivity (Wildman–Crippen MR) is 76.1 cm³/mol. The Morgan fingerprint density at radius 3 is 3.00 bits per heavy atom. The molecule has 0 amide bonds. The van der Waals surface area contributed by atoms with Crippen LogP contribution in [-0.2, 0) is 13.1 Å². The number of aromatic nitrogens is 2. The van der Waals surface area contributed by atoms with E-state index in [-0.39, 0.29) is 6.61 Å². The lowest BCUT2D eigenvalue weighted by atomic mass is 10.2. The first-order chi connectivity index (χ1) is 9.90. The normalized spacial score (nSPS) is 10.2. The average Bonchev–Trinajstić information content (AvgIpc) is 2.99. The molecule has 0 radical (unpaired) electrons. The van der Waals surface area contributed by atoms with Gasteiger partial charge in [0.1, 0.15) is 11.8 Å². The molecular formula is C15H18N4O. The minimum absolute atomic E-state index is 0.0797. The van der Waals surface area contributed by atoms with E-state index >= 15 is 0 Å². The van der Waals surface area contributed by atoms with Gasteiger partial charge in [-0.2, -0.15) is 10.4 Å². The first-order valence-corrected chi connectivity index (χ1v) is 6.66. The van der Waals surface area contributed by atoms with Crippen molar-refractivity contribution in [3.05, 3.63) is 48.3 Å². The maximum absolute atomic E-state index is 8.56. The summed E-state index contributed by atoms with van der Waals surface area (Å²) >= 11 is 0. The van der Waals surface area contributed by atoms with Gasteiger partial charge in [-0.25, -0.2) is 0 Å². The Bertz CT molecular complexity index is 545. The zero-order valence-corrected chi connectivity index (χ0v) is 11.3. The van der Waals surface area contributed by atoms with Gasteiger partial charge in [0, 0.05) is 31.0 Å². The molecular weight excluding hydrogens is 252 g/mol. The molecule has 1 N–H and O–H groups in total. The van der Waals surface area contributed by atoms with Gasteiger partial charge < -0.3 is 10.1 Å². The summed E-state index contributed by atoms with van der Waals surface area (Å²) in [7, 11) is 0. The molecule has 0 unspecified atom stereocenters. The SMILES string of the molecule is N#CCOc1ccccc1CNCCCn1cccn1. The second-order valence-electron chi connectivity index (χ2n) is 4.35. The topological polar surface area (TPSA) is 62.9 Å². The molecule has 0 aliphatic carbocycles. The number of ether oxygens (including phenoxy) is 1. The number of para-hydroxylation sites is 1. The van der Waals surface area contributed by atoms with Gasteiger partial charge in [-0.3, -0.25) is 4.68 Å². The molecule has 20 heavy (non-hydrogen) atoms. The monoisotopic (exact) mass is 270 g/mol. The van der Waals surface area contributed by atoms with Crippen molar-refractivity contribution >= 4 is 0 Å². The van der Waals surface area contributed by atoms with Crippen molar-refractivity contribution in [3.63, 3.8) is 0 Å². The van der Waals surface area contributed by atoms with E-state index < -0.39 is 0 Å². The third-order valence-corrected chi connectivity index (χ3v) is 2.88. The van der Waals surface area contributed by atoms with Crippen molar-refractivity contribution in [2.24, 2.45) is 0 Å². The summed E-state index contributed by atoms with van der Waals surface area (Å²) in [6.07, 6.45) is 4.77. The summed E-state index contributed by atoms with van der Waals surface area (Å²) in [5, 5.41) is 16.1. The lowest BCUT2D eigenvalue weighted by molar-refractivity contribution is 0.362. The number of nitrogens with one attached hydrogen (secondary N) is 1. The summed E-state index contributed by atoms with van der Waals surface area (Å²) < 4.78 is 7.31. The fraction of sp³-hybridized carbons (Fsp3) is 0.333. The van der Waals surface area contributed by atoms with Crippen LogP contribution >= 0.6 is 0 Å². The number of hydrogen-bond acceptors (Lipinski definition) is 4. The standard InChI is InChI=1S/C15H18N4O/c16-7-12-20-15-6-2-1-5-14(15)13-17-8-3-10-19-11-4-9-18-19/h1-2,4-6,9,11,17H,3,8,10,12-13H2. The van der Waals surface area contributed by atoms with Crippen molar-refractivity contribution in [1.29, 1.82) is 5.26 Å². The minimum Gasteiger partial charge on any atom is -0.478 e. The zero-order chi connectivity index (χ0) is 14.0. The molecule has 2 aromatic rings. The summed E-state index contributed by atoms with van der Waals surface area (Å²) in [5.41, 5.74) is 1.07. The van der Waals surface area contributed by atoms with Gasteiger partial charge in [-0.15, -0.1) is 0 Å². The van der Waals surface area contributed by atoms with Crippen LogP contribution in [0.3, 0.4) is 0 Å². The Labute approximate surface area is 118 Å². The number of aryl methyl sites for hydroxylation is 1. The first-order valence-electron chi connectivity index (χ1n) is 6.66. The number of rotatable bonds is 8. The molecule has 1 heterocycles. The van der Waals surface area contributed by atoms with Crippen LogP contribution in [-0.4, -0.2) is 22.9 Å². The van der Waals surface area contributed by atoms with Crippen LogP contribution in [0.2, 0.25) is 0 Å². The van der Waals surface area contributed by atoms with E-state index in [1.165, 1.54) is 0 Å². The van der Waals surface area contributed by atoms with Gasteiger partial charge in [0.2, 0.25) is 0 Å². The molecule has 0 aliphatic heterocycles. The maximum Gasteiger partial charge on any atom is 0.174 e. The predicted octanol–water partition coefficient (Wildman–Crippen LogP) is 1.97. The maximum atomic E-state index is 8.56. The van der Waals surface area contributed by atoms with E-state index in [0.717, 1.165) is 37.4 Å². The van der Waals surface area contributed by atoms with E-state index in [0.29, 0.717) is 0 Å². The van der Waals surface area contributed by atoms with E-state index in [9.17, 15) is 0 Å². The second-order valence-corrected chi connectivity index (χ2v) is 4.35. The van der Waals surface area contributed by atoms with E-state index in [2.05, 4.69) is 10.4 Å². The Hall–Kier alpha value is -2.32. The lowest BCUT2D eigenvalue weighted by Crippen LogP contribution is -2.17. The Morgan fingerprint density at radius 2 is 2.20 bits per heavy atom. The fourth-order valence-electron chi connectivity index (χ4n) is 1.92. The van der Waals surface area contributed by atoms with E-state index in [1.807, 2.05) is 47.3 Å². The van der Waals surface area contributed by atoms with Crippen molar-refractivity contribution in [2.45, 2.75) is 19.5 Å². The zero-order valence-electron chi connectivity index (χ0n) is 11.3. The van der Waals surface area contributed by atoms with Gasteiger partial charge >= 0.3 is 0 Å². The minimum atomic E-state index is 0.0797. The molecule has 0 spiro atoms. The molecule has 0 saturated heterocycles. The van der Waals surface area contributed by atoms with Crippen LogP contribution in [0.15, 0.2) is 42.7 Å². The third-order valence-electron chi connectivity index (χ3n) is 2.88. The molecule has 104 valence electrons. The Morgan fingerprint density at radius 1 is 1.30 bits per heavy atom. The van der Waals surface area contributed by atoms with Crippen LogP contribution in [0.25, 0.3) is 0 Å². The summed E-state index contributed by atoms with van der Waals surface area (Å²) in [6.45, 7) is 2.63. The quantitative estimate of drug-likeness (QED) is 0.745. The largest absolute Gasteiger partial charge is 0.478 e. The van der Waals surface area contributed by atoms with Crippen LogP contribution in [0.5, 0.6) is 5.75 Å². The molecule has 1 aromatic carbocycles. The molecule has 0 bridgehead atoms. The average molecular weight is 270 g/mol. The van der Waals surface area contributed by atoms with Crippen LogP contribution < -0.4 is 10.1 Å². The van der Waals surface area contributed by atoms with Gasteiger partial charge in [0.15, 0.2) is 6.61 Å². The van der Waals surface area contributed by atoms with Gasteiger partial charge in [0.05, 0.1) is 0 Å². The van der Waals surface area contributed by atoms with E-state index in [4.69, 9.17) is 10.00 Å². The summed E-state index contributed by atoms with van der Waals surface area (Å²) in [4.78, 5) is 0. The molecule has 0 saturated carbocycles.